The fourth-order valence-corrected chi connectivity index (χ4v) is 5.05. The van der Waals surface area contributed by atoms with Gasteiger partial charge in [0, 0.05) is 51.0 Å². The molecule has 30 heavy (non-hydrogen) atoms. The van der Waals surface area contributed by atoms with Gasteiger partial charge in [0.1, 0.15) is 5.75 Å². The van der Waals surface area contributed by atoms with Crippen LogP contribution in [0.25, 0.3) is 0 Å². The van der Waals surface area contributed by atoms with Crippen molar-refractivity contribution in [1.82, 2.24) is 9.62 Å². The Hall–Kier alpha value is -2.62. The van der Waals surface area contributed by atoms with Gasteiger partial charge in [0.25, 0.3) is 5.91 Å². The fourth-order valence-electron chi connectivity index (χ4n) is 3.79. The van der Waals surface area contributed by atoms with Crippen molar-refractivity contribution in [1.29, 1.82) is 0 Å². The molecule has 2 aromatic rings. The van der Waals surface area contributed by atoms with Gasteiger partial charge >= 0.3 is 0 Å². The summed E-state index contributed by atoms with van der Waals surface area (Å²) in [6, 6.07) is 13.4. The minimum atomic E-state index is -3.67. The molecular formula is C21H26N4O4S. The number of carbonyl (C=O) groups is 1. The van der Waals surface area contributed by atoms with Gasteiger partial charge < -0.3 is 15.0 Å². The Kier molecular flexibility index (Phi) is 5.94. The number of amides is 1. The second-order valence-electron chi connectivity index (χ2n) is 7.51. The highest BCUT2D eigenvalue weighted by Gasteiger charge is 2.24. The summed E-state index contributed by atoms with van der Waals surface area (Å²) in [7, 11) is -3.67. The largest absolute Gasteiger partial charge is 0.482 e. The molecule has 160 valence electrons. The number of benzene rings is 2. The number of hydrogen-bond donors (Lipinski definition) is 2. The standard InChI is InChI=1S/C21H26N4O4S/c1-16-13-18-19(29-15-21(26)23-18)14-20(16)30(27,28)22-7-8-24-9-11-25(12-10-24)17-5-3-2-4-6-17/h2-6,13-14,22H,7-12,15H2,1H3,(H,23,26). The minimum absolute atomic E-state index is 0.113. The first-order valence-electron chi connectivity index (χ1n) is 10.0. The van der Waals surface area contributed by atoms with Crippen molar-refractivity contribution in [2.24, 2.45) is 0 Å². The van der Waals surface area contributed by atoms with Gasteiger partial charge in [-0.3, -0.25) is 9.69 Å². The number of para-hydroxylation sites is 1. The van der Waals surface area contributed by atoms with Crippen molar-refractivity contribution in [3.05, 3.63) is 48.0 Å². The van der Waals surface area contributed by atoms with E-state index in [1.54, 1.807) is 13.0 Å². The maximum Gasteiger partial charge on any atom is 0.262 e. The van der Waals surface area contributed by atoms with Crippen molar-refractivity contribution in [2.45, 2.75) is 11.8 Å². The van der Waals surface area contributed by atoms with Crippen molar-refractivity contribution in [3.8, 4) is 5.75 Å². The third-order valence-corrected chi connectivity index (χ3v) is 7.02. The van der Waals surface area contributed by atoms with E-state index >= 15 is 0 Å². The number of anilines is 2. The Morgan fingerprint density at radius 3 is 2.57 bits per heavy atom. The maximum absolute atomic E-state index is 12.8. The summed E-state index contributed by atoms with van der Waals surface area (Å²) < 4.78 is 33.7. The van der Waals surface area contributed by atoms with E-state index in [9.17, 15) is 13.2 Å². The lowest BCUT2D eigenvalue weighted by Crippen LogP contribution is -2.48. The predicted molar refractivity (Wildman–Crippen MR) is 116 cm³/mol. The summed E-state index contributed by atoms with van der Waals surface area (Å²) in [4.78, 5) is 16.2. The second-order valence-corrected chi connectivity index (χ2v) is 9.25. The van der Waals surface area contributed by atoms with Crippen LogP contribution >= 0.6 is 0 Å². The second kappa shape index (κ2) is 8.63. The Bertz CT molecular complexity index is 1020. The Balaban J connectivity index is 1.32. The molecule has 0 bridgehead atoms. The van der Waals surface area contributed by atoms with Crippen LogP contribution in [-0.4, -0.2) is 65.1 Å². The quantitative estimate of drug-likeness (QED) is 0.721. The van der Waals surface area contributed by atoms with Crippen LogP contribution in [0.5, 0.6) is 5.75 Å². The molecule has 1 fully saturated rings. The van der Waals surface area contributed by atoms with E-state index < -0.39 is 10.0 Å². The summed E-state index contributed by atoms with van der Waals surface area (Å²) in [6.45, 7) is 6.20. The van der Waals surface area contributed by atoms with Gasteiger partial charge in [-0.1, -0.05) is 18.2 Å². The predicted octanol–water partition coefficient (Wildman–Crippen LogP) is 1.43. The van der Waals surface area contributed by atoms with Crippen molar-refractivity contribution in [3.63, 3.8) is 0 Å². The topological polar surface area (TPSA) is 91.0 Å². The van der Waals surface area contributed by atoms with Crippen molar-refractivity contribution >= 4 is 27.3 Å². The van der Waals surface area contributed by atoms with Crippen LogP contribution in [0.4, 0.5) is 11.4 Å². The third-order valence-electron chi connectivity index (χ3n) is 5.41. The highest BCUT2D eigenvalue weighted by molar-refractivity contribution is 7.89. The number of nitrogens with zero attached hydrogens (tertiary/aromatic N) is 2. The number of piperazine rings is 1. The normalized spacial score (nSPS) is 17.2. The number of rotatable bonds is 6. The first kappa shape index (κ1) is 20.6. The van der Waals surface area contributed by atoms with E-state index in [1.807, 2.05) is 18.2 Å². The van der Waals surface area contributed by atoms with Crippen LogP contribution in [0.15, 0.2) is 47.4 Å². The zero-order chi connectivity index (χ0) is 21.1. The molecule has 0 atom stereocenters. The number of carbonyl (C=O) groups excluding carboxylic acids is 1. The highest BCUT2D eigenvalue weighted by Crippen LogP contribution is 2.32. The van der Waals surface area contributed by atoms with Crippen LogP contribution in [-0.2, 0) is 14.8 Å². The summed E-state index contributed by atoms with van der Waals surface area (Å²) in [6.07, 6.45) is 0. The highest BCUT2D eigenvalue weighted by atomic mass is 32.2. The lowest BCUT2D eigenvalue weighted by atomic mass is 10.2. The smallest absolute Gasteiger partial charge is 0.262 e. The SMILES string of the molecule is Cc1cc2c(cc1S(=O)(=O)NCCN1CCN(c3ccccc3)CC1)OCC(=O)N2. The van der Waals surface area contributed by atoms with Gasteiger partial charge in [-0.05, 0) is 30.7 Å². The lowest BCUT2D eigenvalue weighted by Gasteiger charge is -2.36. The van der Waals surface area contributed by atoms with Crippen LogP contribution in [0, 0.1) is 6.92 Å². The first-order chi connectivity index (χ1) is 14.4. The molecule has 0 aliphatic carbocycles. The monoisotopic (exact) mass is 430 g/mol. The molecule has 0 aromatic heterocycles. The average molecular weight is 431 g/mol. The molecule has 4 rings (SSSR count). The summed E-state index contributed by atoms with van der Waals surface area (Å²) in [5.41, 5.74) is 2.28. The Morgan fingerprint density at radius 2 is 1.83 bits per heavy atom. The molecule has 2 aromatic carbocycles. The summed E-state index contributed by atoms with van der Waals surface area (Å²) in [5.74, 6) is 0.126. The van der Waals surface area contributed by atoms with Gasteiger partial charge in [0.05, 0.1) is 10.6 Å². The average Bonchev–Trinajstić information content (AvgIpc) is 2.74. The first-order valence-corrected chi connectivity index (χ1v) is 11.5. The Morgan fingerprint density at radius 1 is 1.10 bits per heavy atom. The van der Waals surface area contributed by atoms with Gasteiger partial charge in [-0.2, -0.15) is 0 Å². The van der Waals surface area contributed by atoms with Gasteiger partial charge in [0.15, 0.2) is 6.61 Å². The molecule has 0 radical (unpaired) electrons. The molecule has 2 N–H and O–H groups in total. The number of ether oxygens (including phenoxy) is 1. The van der Waals surface area contributed by atoms with E-state index in [-0.39, 0.29) is 17.4 Å². The van der Waals surface area contributed by atoms with Crippen LogP contribution in [0.1, 0.15) is 5.56 Å². The number of fused-ring (bicyclic) bond motifs is 1. The minimum Gasteiger partial charge on any atom is -0.482 e. The number of aryl methyl sites for hydroxylation is 1. The molecule has 0 unspecified atom stereocenters. The van der Waals surface area contributed by atoms with E-state index in [2.05, 4.69) is 32.0 Å². The molecule has 1 saturated heterocycles. The molecule has 0 saturated carbocycles. The van der Waals surface area contributed by atoms with Gasteiger partial charge in [-0.15, -0.1) is 0 Å². The van der Waals surface area contributed by atoms with E-state index in [4.69, 9.17) is 4.74 Å². The van der Waals surface area contributed by atoms with Gasteiger partial charge in [0.2, 0.25) is 10.0 Å². The summed E-state index contributed by atoms with van der Waals surface area (Å²) in [5, 5.41) is 2.69. The van der Waals surface area contributed by atoms with Crippen molar-refractivity contribution < 1.29 is 17.9 Å². The number of nitrogens with one attached hydrogen (secondary N) is 2. The maximum atomic E-state index is 12.8. The molecule has 9 heteroatoms. The molecular weight excluding hydrogens is 404 g/mol. The molecule has 8 nitrogen and oxygen atoms in total. The van der Waals surface area contributed by atoms with E-state index in [0.717, 1.165) is 26.2 Å². The Labute approximate surface area is 176 Å². The zero-order valence-corrected chi connectivity index (χ0v) is 17.7. The zero-order valence-electron chi connectivity index (χ0n) is 16.9. The van der Waals surface area contributed by atoms with Crippen molar-refractivity contribution in [2.75, 3.05) is 56.1 Å². The van der Waals surface area contributed by atoms with Crippen LogP contribution in [0.3, 0.4) is 0 Å². The molecule has 2 aliphatic heterocycles. The van der Waals surface area contributed by atoms with E-state index in [1.165, 1.54) is 11.8 Å². The fraction of sp³-hybridized carbons (Fsp3) is 0.381. The van der Waals surface area contributed by atoms with E-state index in [0.29, 0.717) is 30.1 Å². The molecule has 0 spiro atoms. The molecule has 2 aliphatic rings. The molecule has 2 heterocycles. The number of hydrogen-bond acceptors (Lipinski definition) is 6. The lowest BCUT2D eigenvalue weighted by molar-refractivity contribution is -0.118. The number of sulfonamides is 1. The van der Waals surface area contributed by atoms with Crippen LogP contribution < -0.4 is 19.7 Å². The summed E-state index contributed by atoms with van der Waals surface area (Å²) >= 11 is 0. The van der Waals surface area contributed by atoms with Crippen LogP contribution in [0.2, 0.25) is 0 Å². The molecule has 1 amide bonds. The van der Waals surface area contributed by atoms with Gasteiger partial charge in [-0.25, -0.2) is 13.1 Å². The third kappa shape index (κ3) is 4.58.